The number of anilines is 1. The van der Waals surface area contributed by atoms with Gasteiger partial charge in [-0.05, 0) is 43.6 Å². The predicted molar refractivity (Wildman–Crippen MR) is 174 cm³/mol. The van der Waals surface area contributed by atoms with Crippen LogP contribution in [-0.4, -0.2) is 83.0 Å². The van der Waals surface area contributed by atoms with Crippen LogP contribution >= 0.6 is 0 Å². The zero-order valence-electron chi connectivity index (χ0n) is 26.2. The molecule has 6 heterocycles. The highest BCUT2D eigenvalue weighted by Crippen LogP contribution is 2.45. The van der Waals surface area contributed by atoms with Crippen LogP contribution in [0, 0.1) is 24.0 Å². The number of piperazine rings is 1. The fourth-order valence-electron chi connectivity index (χ4n) is 8.31. The highest BCUT2D eigenvalue weighted by atomic mass is 19.3. The molecule has 0 aliphatic carbocycles. The molecular formula is C36H34F4N6O2. The van der Waals surface area contributed by atoms with Gasteiger partial charge in [-0.3, -0.25) is 9.88 Å². The Balaban J connectivity index is 1.21. The van der Waals surface area contributed by atoms with Crippen molar-refractivity contribution in [3.8, 4) is 29.6 Å². The molecule has 48 heavy (non-hydrogen) atoms. The number of hydrogen-bond acceptors (Lipinski definition) is 8. The monoisotopic (exact) mass is 658 g/mol. The number of halogens is 4. The molecule has 4 aliphatic rings. The lowest BCUT2D eigenvalue weighted by molar-refractivity contribution is -0.140. The first-order valence-corrected chi connectivity index (χ1v) is 16.2. The largest absolute Gasteiger partial charge is 0.461 e. The molecule has 4 atom stereocenters. The average molecular weight is 659 g/mol. The van der Waals surface area contributed by atoms with Gasteiger partial charge in [0.15, 0.2) is 5.82 Å². The van der Waals surface area contributed by atoms with Gasteiger partial charge in [-0.1, -0.05) is 42.3 Å². The number of nitrogens with zero attached hydrogens (tertiary/aromatic N) is 5. The highest BCUT2D eigenvalue weighted by Gasteiger charge is 2.51. The summed E-state index contributed by atoms with van der Waals surface area (Å²) in [7, 11) is 0. The summed E-state index contributed by atoms with van der Waals surface area (Å²) in [4.78, 5) is 18.3. The van der Waals surface area contributed by atoms with Gasteiger partial charge in [-0.25, -0.2) is 8.78 Å². The molecule has 1 N–H and O–H groups in total. The Bertz CT molecular complexity index is 1970. The van der Waals surface area contributed by atoms with E-state index < -0.39 is 23.8 Å². The van der Waals surface area contributed by atoms with E-state index in [-0.39, 0.29) is 54.1 Å². The van der Waals surface area contributed by atoms with Crippen molar-refractivity contribution in [2.45, 2.75) is 62.4 Å². The highest BCUT2D eigenvalue weighted by molar-refractivity contribution is 6.02. The first kappa shape index (κ1) is 31.0. The maximum atomic E-state index is 16.8. The Hall–Kier alpha value is -4.31. The van der Waals surface area contributed by atoms with Gasteiger partial charge in [0, 0.05) is 54.9 Å². The molecule has 4 fully saturated rings. The number of terminal acetylenes is 1. The van der Waals surface area contributed by atoms with Crippen LogP contribution in [0.25, 0.3) is 32.9 Å². The first-order chi connectivity index (χ1) is 23.2. The Morgan fingerprint density at radius 1 is 1.10 bits per heavy atom. The summed E-state index contributed by atoms with van der Waals surface area (Å²) in [6, 6.07) is 8.48. The van der Waals surface area contributed by atoms with Gasteiger partial charge in [-0.2, -0.15) is 18.7 Å². The first-order valence-electron chi connectivity index (χ1n) is 16.2. The smallest absolute Gasteiger partial charge is 0.345 e. The molecule has 0 unspecified atom stereocenters. The van der Waals surface area contributed by atoms with Gasteiger partial charge in [0.1, 0.15) is 29.5 Å². The van der Waals surface area contributed by atoms with Crippen LogP contribution in [0.4, 0.5) is 23.4 Å². The van der Waals surface area contributed by atoms with E-state index in [9.17, 15) is 13.2 Å². The van der Waals surface area contributed by atoms with Crippen molar-refractivity contribution in [1.29, 1.82) is 0 Å². The van der Waals surface area contributed by atoms with E-state index in [1.54, 1.807) is 30.5 Å². The minimum absolute atomic E-state index is 0.00632. The van der Waals surface area contributed by atoms with E-state index in [1.165, 1.54) is 6.07 Å². The summed E-state index contributed by atoms with van der Waals surface area (Å²) in [5.74, 6) is 1.67. The number of aromatic nitrogens is 3. The van der Waals surface area contributed by atoms with Crippen LogP contribution in [0.15, 0.2) is 48.7 Å². The van der Waals surface area contributed by atoms with Gasteiger partial charge in [-0.15, -0.1) is 6.42 Å². The maximum absolute atomic E-state index is 16.8. The molecule has 12 heteroatoms. The van der Waals surface area contributed by atoms with Crippen molar-refractivity contribution >= 4 is 27.5 Å². The number of benzene rings is 2. The van der Waals surface area contributed by atoms with Gasteiger partial charge in [0.05, 0.1) is 23.1 Å². The standard InChI is InChI=1S/C36H34F4N6O2/c1-3-25-28(37)10-7-21-5-4-6-26(29(21)25)31-30(38)32-27(14-41-31)33(45-16-22-8-9-23(17-45)42-22)44-35(43-32)48-19-36-12-11-24(18-47-34(39)40)46(36)15-20(2)13-36/h1,4-7,10,14,22-24,34,42H,2,8-9,11-13,15-19H2/t22-,23+,24-,36-/m0/s1. The predicted octanol–water partition coefficient (Wildman–Crippen LogP) is 5.83. The summed E-state index contributed by atoms with van der Waals surface area (Å²) in [6.45, 7) is 3.34. The Labute approximate surface area is 275 Å². The van der Waals surface area contributed by atoms with E-state index >= 15 is 4.39 Å². The fraction of sp³-hybridized carbons (Fsp3) is 0.417. The van der Waals surface area contributed by atoms with Crippen LogP contribution in [0.3, 0.4) is 0 Å². The Kier molecular flexibility index (Phi) is 7.74. The number of fused-ring (bicyclic) bond motifs is 5. The van der Waals surface area contributed by atoms with E-state index in [1.807, 2.05) is 0 Å². The second-order valence-electron chi connectivity index (χ2n) is 13.4. The fourth-order valence-corrected chi connectivity index (χ4v) is 8.31. The zero-order chi connectivity index (χ0) is 33.2. The lowest BCUT2D eigenvalue weighted by Crippen LogP contribution is -2.51. The average Bonchev–Trinajstić information content (AvgIpc) is 3.71. The molecule has 4 aliphatic heterocycles. The third-order valence-electron chi connectivity index (χ3n) is 10.4. The van der Waals surface area contributed by atoms with Crippen molar-refractivity contribution in [3.05, 3.63) is 65.9 Å². The van der Waals surface area contributed by atoms with Crippen molar-refractivity contribution in [1.82, 2.24) is 25.2 Å². The minimum atomic E-state index is -2.84. The molecule has 0 amide bonds. The van der Waals surface area contributed by atoms with Crippen LogP contribution in [0.1, 0.15) is 37.7 Å². The minimum Gasteiger partial charge on any atom is -0.461 e. The SMILES string of the molecule is C#Cc1c(F)ccc2cccc(-c3ncc4c(N5C[C@H]6CC[C@@H](C5)N6)nc(OC[C@@]56CC[C@@H](COC(F)F)N5CC(=C)C6)nc4c3F)c12. The van der Waals surface area contributed by atoms with Gasteiger partial charge < -0.3 is 19.7 Å². The Morgan fingerprint density at radius 3 is 2.69 bits per heavy atom. The molecular weight excluding hydrogens is 624 g/mol. The van der Waals surface area contributed by atoms with Crippen molar-refractivity contribution < 1.29 is 27.0 Å². The topological polar surface area (TPSA) is 75.6 Å². The van der Waals surface area contributed by atoms with Crippen molar-refractivity contribution in [2.24, 2.45) is 0 Å². The molecule has 2 aromatic carbocycles. The third kappa shape index (κ3) is 5.25. The molecule has 8 nitrogen and oxygen atoms in total. The maximum Gasteiger partial charge on any atom is 0.345 e. The van der Waals surface area contributed by atoms with E-state index in [2.05, 4.69) is 42.3 Å². The molecule has 8 rings (SSSR count). The molecule has 0 saturated carbocycles. The van der Waals surface area contributed by atoms with E-state index in [4.69, 9.17) is 16.1 Å². The van der Waals surface area contributed by atoms with E-state index in [0.717, 1.165) is 18.4 Å². The second-order valence-corrected chi connectivity index (χ2v) is 13.4. The molecule has 2 aromatic heterocycles. The lowest BCUT2D eigenvalue weighted by atomic mass is 9.94. The van der Waals surface area contributed by atoms with E-state index in [0.29, 0.717) is 66.4 Å². The second kappa shape index (κ2) is 12.0. The van der Waals surface area contributed by atoms with Gasteiger partial charge >= 0.3 is 12.6 Å². The summed E-state index contributed by atoms with van der Waals surface area (Å²) in [6.07, 6.45) is 11.4. The van der Waals surface area contributed by atoms with Crippen molar-refractivity contribution in [3.63, 3.8) is 0 Å². The zero-order valence-corrected chi connectivity index (χ0v) is 26.2. The van der Waals surface area contributed by atoms with Crippen LogP contribution in [-0.2, 0) is 4.74 Å². The molecule has 0 spiro atoms. The number of rotatable bonds is 8. The normalized spacial score (nSPS) is 25.4. The summed E-state index contributed by atoms with van der Waals surface area (Å²) in [5, 5.41) is 5.10. The third-order valence-corrected chi connectivity index (χ3v) is 10.4. The molecule has 4 saturated heterocycles. The van der Waals surface area contributed by atoms with Gasteiger partial charge in [0.25, 0.3) is 0 Å². The molecule has 4 aromatic rings. The summed E-state index contributed by atoms with van der Waals surface area (Å²) in [5.41, 5.74) is 0.895. The summed E-state index contributed by atoms with van der Waals surface area (Å²) < 4.78 is 68.5. The number of alkyl halides is 2. The van der Waals surface area contributed by atoms with Crippen molar-refractivity contribution in [2.75, 3.05) is 37.7 Å². The number of hydrogen-bond donors (Lipinski definition) is 1. The lowest BCUT2D eigenvalue weighted by Gasteiger charge is -2.35. The molecule has 0 radical (unpaired) electrons. The number of nitrogens with one attached hydrogen (secondary N) is 1. The van der Waals surface area contributed by atoms with Crippen LogP contribution < -0.4 is 15.0 Å². The Morgan fingerprint density at radius 2 is 1.92 bits per heavy atom. The van der Waals surface area contributed by atoms with Crippen LogP contribution in [0.2, 0.25) is 0 Å². The van der Waals surface area contributed by atoms with Crippen LogP contribution in [0.5, 0.6) is 6.01 Å². The quantitative estimate of drug-likeness (QED) is 0.144. The summed E-state index contributed by atoms with van der Waals surface area (Å²) >= 11 is 0. The number of pyridine rings is 1. The number of ether oxygens (including phenoxy) is 2. The molecule has 2 bridgehead atoms. The van der Waals surface area contributed by atoms with Gasteiger partial charge in [0.2, 0.25) is 0 Å². The molecule has 248 valence electrons.